The first kappa shape index (κ1) is 22.1. The number of hydrogen-bond acceptors (Lipinski definition) is 5. The first-order valence-electron chi connectivity index (χ1n) is 10.1. The van der Waals surface area contributed by atoms with Crippen molar-refractivity contribution in [3.8, 4) is 11.5 Å². The average molecular weight is 484 g/mol. The van der Waals surface area contributed by atoms with Gasteiger partial charge in [-0.05, 0) is 65.2 Å². The molecule has 7 heteroatoms. The summed E-state index contributed by atoms with van der Waals surface area (Å²) in [6.45, 7) is 9.17. The molecule has 1 saturated heterocycles. The molecule has 1 fully saturated rings. The van der Waals surface area contributed by atoms with Gasteiger partial charge >= 0.3 is 0 Å². The summed E-state index contributed by atoms with van der Waals surface area (Å²) in [6, 6.07) is 10.2. The Kier molecular flexibility index (Phi) is 8.33. The molecule has 2 aromatic rings. The number of benzene rings is 2. The molecular formula is C22H28BrClN2O3. The minimum Gasteiger partial charge on any atom is -0.490 e. The van der Waals surface area contributed by atoms with Gasteiger partial charge in [-0.25, -0.2) is 0 Å². The number of ether oxygens (including phenoxy) is 3. The van der Waals surface area contributed by atoms with Gasteiger partial charge in [0, 0.05) is 25.3 Å². The number of nitrogens with one attached hydrogen (secondary N) is 1. The van der Waals surface area contributed by atoms with Gasteiger partial charge < -0.3 is 24.4 Å². The lowest BCUT2D eigenvalue weighted by atomic mass is 10.2. The van der Waals surface area contributed by atoms with Crippen LogP contribution in [0.5, 0.6) is 11.5 Å². The Balaban J connectivity index is 1.69. The van der Waals surface area contributed by atoms with Crippen LogP contribution in [0.2, 0.25) is 5.02 Å². The topological polar surface area (TPSA) is 43.0 Å². The molecule has 0 amide bonds. The molecule has 0 bridgehead atoms. The van der Waals surface area contributed by atoms with E-state index in [1.54, 1.807) is 0 Å². The third kappa shape index (κ3) is 5.93. The summed E-state index contributed by atoms with van der Waals surface area (Å²) in [4.78, 5) is 2.26. The molecule has 158 valence electrons. The van der Waals surface area contributed by atoms with Crippen molar-refractivity contribution in [1.82, 2.24) is 0 Å². The zero-order valence-electron chi connectivity index (χ0n) is 17.0. The molecule has 5 nitrogen and oxygen atoms in total. The van der Waals surface area contributed by atoms with Crippen LogP contribution in [0.25, 0.3) is 0 Å². The van der Waals surface area contributed by atoms with E-state index in [-0.39, 0.29) is 0 Å². The van der Waals surface area contributed by atoms with Crippen molar-refractivity contribution in [3.63, 3.8) is 0 Å². The second-order valence-corrected chi connectivity index (χ2v) is 8.07. The van der Waals surface area contributed by atoms with Crippen LogP contribution in [0, 0.1) is 0 Å². The third-order valence-corrected chi connectivity index (χ3v) is 5.51. The van der Waals surface area contributed by atoms with Crippen LogP contribution in [-0.4, -0.2) is 39.5 Å². The SMILES string of the molecule is CCCOc1c(Br)cc(CNc2ccc(N3CCOCC3)c(Cl)c2)cc1OCC. The van der Waals surface area contributed by atoms with Gasteiger partial charge in [0.1, 0.15) is 0 Å². The van der Waals surface area contributed by atoms with E-state index in [1.165, 1.54) is 0 Å². The summed E-state index contributed by atoms with van der Waals surface area (Å²) in [5.41, 5.74) is 3.13. The highest BCUT2D eigenvalue weighted by atomic mass is 79.9. The number of halogens is 2. The normalized spacial score (nSPS) is 14.0. The van der Waals surface area contributed by atoms with Gasteiger partial charge in [0.25, 0.3) is 0 Å². The molecule has 1 aliphatic rings. The highest BCUT2D eigenvalue weighted by Crippen LogP contribution is 2.37. The molecule has 0 aliphatic carbocycles. The molecule has 0 radical (unpaired) electrons. The molecule has 1 N–H and O–H groups in total. The van der Waals surface area contributed by atoms with Gasteiger partial charge in [0.2, 0.25) is 0 Å². The molecule has 29 heavy (non-hydrogen) atoms. The van der Waals surface area contributed by atoms with Gasteiger partial charge in [-0.2, -0.15) is 0 Å². The zero-order valence-corrected chi connectivity index (χ0v) is 19.3. The largest absolute Gasteiger partial charge is 0.490 e. The predicted octanol–water partition coefficient (Wildman–Crippen LogP) is 5.74. The fourth-order valence-electron chi connectivity index (χ4n) is 3.21. The van der Waals surface area contributed by atoms with Crippen molar-refractivity contribution >= 4 is 38.9 Å². The maximum atomic E-state index is 6.54. The number of hydrogen-bond donors (Lipinski definition) is 1. The van der Waals surface area contributed by atoms with Crippen LogP contribution in [0.4, 0.5) is 11.4 Å². The lowest BCUT2D eigenvalue weighted by Crippen LogP contribution is -2.36. The van der Waals surface area contributed by atoms with E-state index in [9.17, 15) is 0 Å². The average Bonchev–Trinajstić information content (AvgIpc) is 2.72. The standard InChI is InChI=1S/C22H28BrClN2O3/c1-3-9-29-22-18(23)12-16(13-21(22)28-4-2)15-25-17-5-6-20(19(24)14-17)26-7-10-27-11-8-26/h5-6,12-14,25H,3-4,7-11,15H2,1-2H3. The van der Waals surface area contributed by atoms with E-state index in [4.69, 9.17) is 25.8 Å². The third-order valence-electron chi connectivity index (χ3n) is 4.62. The van der Waals surface area contributed by atoms with Crippen LogP contribution in [0.15, 0.2) is 34.8 Å². The molecule has 0 unspecified atom stereocenters. The lowest BCUT2D eigenvalue weighted by Gasteiger charge is -2.29. The number of rotatable bonds is 9. The first-order valence-corrected chi connectivity index (χ1v) is 11.2. The molecule has 0 saturated carbocycles. The molecule has 2 aromatic carbocycles. The van der Waals surface area contributed by atoms with Crippen molar-refractivity contribution in [2.24, 2.45) is 0 Å². The molecule has 3 rings (SSSR count). The van der Waals surface area contributed by atoms with Crippen molar-refractivity contribution in [2.45, 2.75) is 26.8 Å². The molecule has 0 atom stereocenters. The first-order chi connectivity index (χ1) is 14.1. The Morgan fingerprint density at radius 2 is 1.93 bits per heavy atom. The highest BCUT2D eigenvalue weighted by molar-refractivity contribution is 9.10. The van der Waals surface area contributed by atoms with Gasteiger partial charge in [0.15, 0.2) is 11.5 Å². The van der Waals surface area contributed by atoms with Crippen molar-refractivity contribution in [2.75, 3.05) is 49.7 Å². The number of morpholine rings is 1. The summed E-state index contributed by atoms with van der Waals surface area (Å²) in [5, 5.41) is 4.19. The Bertz CT molecular complexity index is 813. The monoisotopic (exact) mass is 482 g/mol. The van der Waals surface area contributed by atoms with Crippen molar-refractivity contribution in [3.05, 3.63) is 45.4 Å². The highest BCUT2D eigenvalue weighted by Gasteiger charge is 2.15. The van der Waals surface area contributed by atoms with Crippen LogP contribution in [0.3, 0.4) is 0 Å². The fourth-order valence-corrected chi connectivity index (χ4v) is 4.12. The van der Waals surface area contributed by atoms with Crippen molar-refractivity contribution < 1.29 is 14.2 Å². The minimum atomic E-state index is 0.588. The maximum absolute atomic E-state index is 6.54. The molecule has 1 heterocycles. The Morgan fingerprint density at radius 3 is 2.62 bits per heavy atom. The zero-order chi connectivity index (χ0) is 20.6. The minimum absolute atomic E-state index is 0.588. The van der Waals surface area contributed by atoms with Gasteiger partial charge in [-0.15, -0.1) is 0 Å². The Hall–Kier alpha value is -1.63. The van der Waals surface area contributed by atoms with Gasteiger partial charge in [-0.3, -0.25) is 0 Å². The van der Waals surface area contributed by atoms with E-state index in [0.29, 0.717) is 19.8 Å². The summed E-state index contributed by atoms with van der Waals surface area (Å²) < 4.78 is 18.0. The summed E-state index contributed by atoms with van der Waals surface area (Å²) in [7, 11) is 0. The Morgan fingerprint density at radius 1 is 1.14 bits per heavy atom. The molecule has 1 aliphatic heterocycles. The molecule has 0 spiro atoms. The fraction of sp³-hybridized carbons (Fsp3) is 0.455. The number of nitrogens with zero attached hydrogens (tertiary/aromatic N) is 1. The smallest absolute Gasteiger partial charge is 0.175 e. The van der Waals surface area contributed by atoms with Crippen LogP contribution < -0.4 is 19.7 Å². The quantitative estimate of drug-likeness (QED) is 0.493. The summed E-state index contributed by atoms with van der Waals surface area (Å²) in [5.74, 6) is 1.52. The van der Waals surface area contributed by atoms with Gasteiger partial charge in [-0.1, -0.05) is 18.5 Å². The van der Waals surface area contributed by atoms with E-state index in [2.05, 4.69) is 51.3 Å². The summed E-state index contributed by atoms with van der Waals surface area (Å²) >= 11 is 10.2. The Labute approximate surface area is 186 Å². The molecule has 0 aromatic heterocycles. The van der Waals surface area contributed by atoms with Crippen molar-refractivity contribution in [1.29, 1.82) is 0 Å². The lowest BCUT2D eigenvalue weighted by molar-refractivity contribution is 0.122. The predicted molar refractivity (Wildman–Crippen MR) is 123 cm³/mol. The summed E-state index contributed by atoms with van der Waals surface area (Å²) in [6.07, 6.45) is 0.947. The second-order valence-electron chi connectivity index (χ2n) is 6.81. The molecular weight excluding hydrogens is 456 g/mol. The van der Waals surface area contributed by atoms with E-state index < -0.39 is 0 Å². The van der Waals surface area contributed by atoms with Crippen LogP contribution in [0.1, 0.15) is 25.8 Å². The van der Waals surface area contributed by atoms with E-state index in [1.807, 2.05) is 19.1 Å². The van der Waals surface area contributed by atoms with Crippen LogP contribution in [-0.2, 0) is 11.3 Å². The maximum Gasteiger partial charge on any atom is 0.175 e. The number of anilines is 2. The van der Waals surface area contributed by atoms with Gasteiger partial charge in [0.05, 0.1) is 41.6 Å². The van der Waals surface area contributed by atoms with E-state index in [0.717, 1.165) is 70.7 Å². The second kappa shape index (κ2) is 11.0. The van der Waals surface area contributed by atoms with E-state index >= 15 is 0 Å². The van der Waals surface area contributed by atoms with Crippen LogP contribution >= 0.6 is 27.5 Å².